The van der Waals surface area contributed by atoms with Crippen molar-refractivity contribution < 1.29 is 9.53 Å². The first-order valence-electron chi connectivity index (χ1n) is 6.46. The van der Waals surface area contributed by atoms with Crippen molar-refractivity contribution in [1.29, 1.82) is 0 Å². The highest BCUT2D eigenvalue weighted by molar-refractivity contribution is 5.69. The van der Waals surface area contributed by atoms with Gasteiger partial charge >= 0.3 is 5.97 Å². The molecule has 0 aliphatic carbocycles. The van der Waals surface area contributed by atoms with E-state index in [1.54, 1.807) is 0 Å². The van der Waals surface area contributed by atoms with E-state index in [9.17, 15) is 4.79 Å². The third-order valence-corrected chi connectivity index (χ3v) is 3.07. The van der Waals surface area contributed by atoms with Crippen LogP contribution < -0.4 is 0 Å². The van der Waals surface area contributed by atoms with E-state index in [4.69, 9.17) is 0 Å². The second kappa shape index (κ2) is 9.64. The van der Waals surface area contributed by atoms with E-state index >= 15 is 0 Å². The number of hydrogen-bond acceptors (Lipinski definition) is 3. The minimum absolute atomic E-state index is 0.0976. The standard InChI is InChI=1S/C13H27NO2/c1-5-7-10-14(12(3)6-2)11-8-9-13(15)16-4/h12H,5-11H2,1-4H3. The zero-order chi connectivity index (χ0) is 12.4. The van der Waals surface area contributed by atoms with Gasteiger partial charge in [0.05, 0.1) is 7.11 Å². The molecule has 0 aromatic carbocycles. The zero-order valence-electron chi connectivity index (χ0n) is 11.3. The average molecular weight is 229 g/mol. The molecule has 0 rings (SSSR count). The van der Waals surface area contributed by atoms with Gasteiger partial charge in [0.15, 0.2) is 0 Å². The molecular weight excluding hydrogens is 202 g/mol. The summed E-state index contributed by atoms with van der Waals surface area (Å²) in [6, 6.07) is 0.615. The van der Waals surface area contributed by atoms with Crippen molar-refractivity contribution in [3.05, 3.63) is 0 Å². The Hall–Kier alpha value is -0.570. The molecule has 0 aromatic rings. The summed E-state index contributed by atoms with van der Waals surface area (Å²) >= 11 is 0. The third kappa shape index (κ3) is 6.83. The summed E-state index contributed by atoms with van der Waals surface area (Å²) in [5.74, 6) is -0.0976. The normalized spacial score (nSPS) is 12.8. The van der Waals surface area contributed by atoms with Gasteiger partial charge in [-0.25, -0.2) is 0 Å². The lowest BCUT2D eigenvalue weighted by molar-refractivity contribution is -0.140. The first-order valence-corrected chi connectivity index (χ1v) is 6.46. The van der Waals surface area contributed by atoms with Gasteiger partial charge in [-0.2, -0.15) is 0 Å². The number of methoxy groups -OCH3 is 1. The van der Waals surface area contributed by atoms with Gasteiger partial charge in [-0.1, -0.05) is 20.3 Å². The molecule has 0 amide bonds. The second-order valence-corrected chi connectivity index (χ2v) is 4.33. The van der Waals surface area contributed by atoms with Crippen molar-refractivity contribution in [2.24, 2.45) is 0 Å². The molecule has 96 valence electrons. The summed E-state index contributed by atoms with van der Waals surface area (Å²) in [5.41, 5.74) is 0. The van der Waals surface area contributed by atoms with Crippen molar-refractivity contribution in [3.8, 4) is 0 Å². The van der Waals surface area contributed by atoms with E-state index in [0.29, 0.717) is 12.5 Å². The summed E-state index contributed by atoms with van der Waals surface area (Å²) in [5, 5.41) is 0. The van der Waals surface area contributed by atoms with Gasteiger partial charge in [0, 0.05) is 12.5 Å². The fourth-order valence-corrected chi connectivity index (χ4v) is 1.70. The Kier molecular flexibility index (Phi) is 9.30. The van der Waals surface area contributed by atoms with Crippen LogP contribution in [0.5, 0.6) is 0 Å². The molecule has 1 unspecified atom stereocenters. The molecule has 0 heterocycles. The highest BCUT2D eigenvalue weighted by atomic mass is 16.5. The average Bonchev–Trinajstić information content (AvgIpc) is 2.32. The molecule has 0 spiro atoms. The van der Waals surface area contributed by atoms with Gasteiger partial charge < -0.3 is 9.64 Å². The molecule has 0 bridgehead atoms. The van der Waals surface area contributed by atoms with Gasteiger partial charge in [-0.05, 0) is 39.3 Å². The fourth-order valence-electron chi connectivity index (χ4n) is 1.70. The Bertz CT molecular complexity index is 183. The lowest BCUT2D eigenvalue weighted by Crippen LogP contribution is -2.34. The second-order valence-electron chi connectivity index (χ2n) is 4.33. The van der Waals surface area contributed by atoms with Gasteiger partial charge in [0.2, 0.25) is 0 Å². The number of hydrogen-bond donors (Lipinski definition) is 0. The quantitative estimate of drug-likeness (QED) is 0.569. The lowest BCUT2D eigenvalue weighted by atomic mass is 10.1. The molecule has 3 nitrogen and oxygen atoms in total. The third-order valence-electron chi connectivity index (χ3n) is 3.07. The molecule has 0 aliphatic heterocycles. The van der Waals surface area contributed by atoms with Crippen LogP contribution in [0, 0.1) is 0 Å². The molecule has 0 saturated carbocycles. The Morgan fingerprint density at radius 1 is 1.25 bits per heavy atom. The monoisotopic (exact) mass is 229 g/mol. The van der Waals surface area contributed by atoms with Crippen molar-refractivity contribution in [2.75, 3.05) is 20.2 Å². The van der Waals surface area contributed by atoms with Gasteiger partial charge in [-0.3, -0.25) is 4.79 Å². The van der Waals surface area contributed by atoms with E-state index in [-0.39, 0.29) is 5.97 Å². The van der Waals surface area contributed by atoms with Crippen molar-refractivity contribution in [1.82, 2.24) is 4.90 Å². The molecule has 0 N–H and O–H groups in total. The zero-order valence-corrected chi connectivity index (χ0v) is 11.3. The Morgan fingerprint density at radius 2 is 1.88 bits per heavy atom. The molecule has 16 heavy (non-hydrogen) atoms. The van der Waals surface area contributed by atoms with E-state index in [2.05, 4.69) is 30.4 Å². The number of nitrogens with zero attached hydrogens (tertiary/aromatic N) is 1. The maximum Gasteiger partial charge on any atom is 0.305 e. The highest BCUT2D eigenvalue weighted by Crippen LogP contribution is 2.07. The van der Waals surface area contributed by atoms with Crippen LogP contribution in [0.25, 0.3) is 0 Å². The maximum atomic E-state index is 11.0. The van der Waals surface area contributed by atoms with Gasteiger partial charge in [0.1, 0.15) is 0 Å². The Balaban J connectivity index is 3.86. The smallest absolute Gasteiger partial charge is 0.305 e. The van der Waals surface area contributed by atoms with Crippen LogP contribution in [-0.4, -0.2) is 37.1 Å². The molecular formula is C13H27NO2. The number of esters is 1. The fraction of sp³-hybridized carbons (Fsp3) is 0.923. The van der Waals surface area contributed by atoms with Crippen LogP contribution in [0.2, 0.25) is 0 Å². The number of unbranched alkanes of at least 4 members (excludes halogenated alkanes) is 1. The van der Waals surface area contributed by atoms with Crippen LogP contribution in [0.15, 0.2) is 0 Å². The molecule has 0 fully saturated rings. The van der Waals surface area contributed by atoms with Gasteiger partial charge in [-0.15, -0.1) is 0 Å². The van der Waals surface area contributed by atoms with Crippen molar-refractivity contribution in [3.63, 3.8) is 0 Å². The number of ether oxygens (including phenoxy) is 1. The van der Waals surface area contributed by atoms with E-state index in [1.165, 1.54) is 26.4 Å². The first kappa shape index (κ1) is 15.4. The van der Waals surface area contributed by atoms with Crippen LogP contribution in [0.1, 0.15) is 52.9 Å². The molecule has 1 atom stereocenters. The highest BCUT2D eigenvalue weighted by Gasteiger charge is 2.11. The molecule has 0 aliphatic rings. The van der Waals surface area contributed by atoms with Crippen LogP contribution >= 0.6 is 0 Å². The first-order chi connectivity index (χ1) is 7.65. The Labute approximate surface area is 100 Å². The number of rotatable bonds is 9. The van der Waals surface area contributed by atoms with E-state index in [1.807, 2.05) is 0 Å². The predicted molar refractivity (Wildman–Crippen MR) is 67.5 cm³/mol. The largest absolute Gasteiger partial charge is 0.469 e. The number of carbonyl (C=O) groups excluding carboxylic acids is 1. The van der Waals surface area contributed by atoms with Crippen molar-refractivity contribution >= 4 is 5.97 Å². The molecule has 0 aromatic heterocycles. The summed E-state index contributed by atoms with van der Waals surface area (Å²) in [7, 11) is 1.45. The van der Waals surface area contributed by atoms with Crippen LogP contribution in [-0.2, 0) is 9.53 Å². The predicted octanol–water partition coefficient (Wildman–Crippen LogP) is 2.84. The minimum Gasteiger partial charge on any atom is -0.469 e. The summed E-state index contributed by atoms with van der Waals surface area (Å²) in [4.78, 5) is 13.5. The molecule has 0 saturated heterocycles. The molecule has 0 radical (unpaired) electrons. The van der Waals surface area contributed by atoms with Gasteiger partial charge in [0.25, 0.3) is 0 Å². The maximum absolute atomic E-state index is 11.0. The topological polar surface area (TPSA) is 29.5 Å². The summed E-state index contributed by atoms with van der Waals surface area (Å²) in [6.45, 7) is 8.83. The summed E-state index contributed by atoms with van der Waals surface area (Å²) < 4.78 is 4.64. The minimum atomic E-state index is -0.0976. The SMILES string of the molecule is CCCCN(CCCC(=O)OC)C(C)CC. The van der Waals surface area contributed by atoms with E-state index < -0.39 is 0 Å². The van der Waals surface area contributed by atoms with Crippen LogP contribution in [0.4, 0.5) is 0 Å². The number of carbonyl (C=O) groups is 1. The lowest BCUT2D eigenvalue weighted by Gasteiger charge is -2.28. The van der Waals surface area contributed by atoms with Crippen LogP contribution in [0.3, 0.4) is 0 Å². The van der Waals surface area contributed by atoms with Crippen molar-refractivity contribution in [2.45, 2.75) is 58.9 Å². The molecule has 3 heteroatoms. The summed E-state index contributed by atoms with van der Waals surface area (Å²) in [6.07, 6.45) is 5.07. The van der Waals surface area contributed by atoms with E-state index in [0.717, 1.165) is 19.5 Å². The Morgan fingerprint density at radius 3 is 2.38 bits per heavy atom.